The van der Waals surface area contributed by atoms with E-state index >= 15 is 0 Å². The maximum atomic E-state index is 11.4. The molecule has 0 rings (SSSR count). The Kier molecular flexibility index (Phi) is 2.45. The average Bonchev–Trinajstić information content (AvgIpc) is 1.62. The number of halogens is 3. The second-order valence-electron chi connectivity index (χ2n) is 1.85. The third-order valence-corrected chi connectivity index (χ3v) is 0.833. The van der Waals surface area contributed by atoms with Crippen molar-refractivity contribution in [2.75, 3.05) is 0 Å². The summed E-state index contributed by atoms with van der Waals surface area (Å²) >= 11 is 0. The molecule has 0 fully saturated rings. The van der Waals surface area contributed by atoms with Crippen molar-refractivity contribution in [2.24, 2.45) is 5.73 Å². The van der Waals surface area contributed by atoms with E-state index < -0.39 is 18.3 Å². The van der Waals surface area contributed by atoms with E-state index in [9.17, 15) is 13.2 Å². The molecule has 9 heavy (non-hydrogen) atoms. The molecule has 0 aliphatic carbocycles. The van der Waals surface area contributed by atoms with Crippen LogP contribution in [0, 0.1) is 0 Å². The Bertz CT molecular complexity index is 90.3. The van der Waals surface area contributed by atoms with E-state index in [2.05, 4.69) is 0 Å². The fourth-order valence-electron chi connectivity index (χ4n) is 0.298. The molecule has 0 amide bonds. The van der Waals surface area contributed by atoms with Gasteiger partial charge in [0.15, 0.2) is 6.10 Å². The Hall–Kier alpha value is -0.290. The molecule has 1 unspecified atom stereocenters. The van der Waals surface area contributed by atoms with Crippen LogP contribution in [0.25, 0.3) is 0 Å². The van der Waals surface area contributed by atoms with Crippen molar-refractivity contribution in [3.05, 3.63) is 0 Å². The predicted octanol–water partition coefficient (Wildman–Crippen LogP) is 0.257. The summed E-state index contributed by atoms with van der Waals surface area (Å²) in [6.07, 6.45) is -6.99. The second kappa shape index (κ2) is 2.53. The Labute approximate surface area is 50.5 Å². The van der Waals surface area contributed by atoms with Crippen molar-refractivity contribution < 1.29 is 18.3 Å². The molecule has 0 aromatic heterocycles. The highest BCUT2D eigenvalue weighted by Crippen LogP contribution is 2.21. The predicted molar refractivity (Wildman–Crippen MR) is 25.7 cm³/mol. The van der Waals surface area contributed by atoms with Crippen molar-refractivity contribution >= 4 is 0 Å². The van der Waals surface area contributed by atoms with Gasteiger partial charge in [0.25, 0.3) is 0 Å². The number of hydrogen-bond acceptors (Lipinski definition) is 2. The SMILES string of the molecule is C[C@H](N)C(O)C(F)(F)F. The summed E-state index contributed by atoms with van der Waals surface area (Å²) in [5, 5.41) is 8.21. The molecule has 0 aromatic rings. The molecule has 2 atom stereocenters. The first-order chi connectivity index (χ1) is 3.85. The highest BCUT2D eigenvalue weighted by molar-refractivity contribution is 4.73. The first kappa shape index (κ1) is 8.71. The lowest BCUT2D eigenvalue weighted by Gasteiger charge is -2.16. The molecule has 5 heteroatoms. The molecule has 0 aromatic carbocycles. The van der Waals surface area contributed by atoms with Crippen LogP contribution >= 0.6 is 0 Å². The van der Waals surface area contributed by atoms with Crippen LogP contribution < -0.4 is 5.73 Å². The van der Waals surface area contributed by atoms with E-state index in [0.717, 1.165) is 6.92 Å². The lowest BCUT2D eigenvalue weighted by atomic mass is 10.2. The van der Waals surface area contributed by atoms with E-state index in [4.69, 9.17) is 10.8 Å². The monoisotopic (exact) mass is 143 g/mol. The fourth-order valence-corrected chi connectivity index (χ4v) is 0.298. The van der Waals surface area contributed by atoms with Crippen molar-refractivity contribution in [1.29, 1.82) is 0 Å². The first-order valence-corrected chi connectivity index (χ1v) is 2.36. The van der Waals surface area contributed by atoms with Gasteiger partial charge < -0.3 is 10.8 Å². The van der Waals surface area contributed by atoms with Gasteiger partial charge in [0.2, 0.25) is 0 Å². The van der Waals surface area contributed by atoms with Gasteiger partial charge >= 0.3 is 6.18 Å². The highest BCUT2D eigenvalue weighted by atomic mass is 19.4. The molecule has 3 N–H and O–H groups in total. The summed E-state index contributed by atoms with van der Waals surface area (Å²) < 4.78 is 34.1. The molecule has 56 valence electrons. The van der Waals surface area contributed by atoms with Gasteiger partial charge in [-0.05, 0) is 6.92 Å². The van der Waals surface area contributed by atoms with E-state index in [-0.39, 0.29) is 0 Å². The fraction of sp³-hybridized carbons (Fsp3) is 1.00. The van der Waals surface area contributed by atoms with E-state index in [1.165, 1.54) is 0 Å². The Balaban J connectivity index is 3.88. The summed E-state index contributed by atoms with van der Waals surface area (Å²) in [6.45, 7) is 1.10. The maximum Gasteiger partial charge on any atom is 0.415 e. The first-order valence-electron chi connectivity index (χ1n) is 2.36. The summed E-state index contributed by atoms with van der Waals surface area (Å²) in [5.74, 6) is 0. The number of aliphatic hydroxyl groups is 1. The van der Waals surface area contributed by atoms with Crippen LogP contribution in [-0.2, 0) is 0 Å². The molecule has 0 aliphatic rings. The van der Waals surface area contributed by atoms with Gasteiger partial charge in [-0.2, -0.15) is 13.2 Å². The molecule has 0 heterocycles. The topological polar surface area (TPSA) is 46.2 Å². The minimum Gasteiger partial charge on any atom is -0.382 e. The number of aliphatic hydroxyl groups excluding tert-OH is 1. The van der Waals surface area contributed by atoms with E-state index in [0.29, 0.717) is 0 Å². The Morgan fingerprint density at radius 1 is 1.44 bits per heavy atom. The molecule has 2 nitrogen and oxygen atoms in total. The summed E-state index contributed by atoms with van der Waals surface area (Å²) in [5.41, 5.74) is 4.75. The smallest absolute Gasteiger partial charge is 0.382 e. The Morgan fingerprint density at radius 3 is 1.78 bits per heavy atom. The van der Waals surface area contributed by atoms with E-state index in [1.54, 1.807) is 0 Å². The number of alkyl halides is 3. The van der Waals surface area contributed by atoms with Gasteiger partial charge in [-0.25, -0.2) is 0 Å². The van der Waals surface area contributed by atoms with Crippen molar-refractivity contribution in [3.8, 4) is 0 Å². The minimum atomic E-state index is -4.59. The molecule has 0 saturated heterocycles. The Morgan fingerprint density at radius 2 is 1.78 bits per heavy atom. The van der Waals surface area contributed by atoms with Crippen LogP contribution in [0.5, 0.6) is 0 Å². The van der Waals surface area contributed by atoms with Gasteiger partial charge in [0.05, 0.1) is 0 Å². The van der Waals surface area contributed by atoms with Crippen LogP contribution in [-0.4, -0.2) is 23.4 Å². The normalized spacial score (nSPS) is 19.3. The van der Waals surface area contributed by atoms with E-state index in [1.807, 2.05) is 0 Å². The van der Waals surface area contributed by atoms with Crippen molar-refractivity contribution in [1.82, 2.24) is 0 Å². The largest absolute Gasteiger partial charge is 0.415 e. The standard InChI is InChI=1S/C4H8F3NO/c1-2(8)3(9)4(5,6)7/h2-3,9H,8H2,1H3/t2-,3?/m0/s1. The van der Waals surface area contributed by atoms with Gasteiger partial charge in [0, 0.05) is 6.04 Å². The van der Waals surface area contributed by atoms with Crippen LogP contribution in [0.4, 0.5) is 13.2 Å². The third kappa shape index (κ3) is 2.67. The van der Waals surface area contributed by atoms with Gasteiger partial charge in [-0.1, -0.05) is 0 Å². The molecule has 0 bridgehead atoms. The van der Waals surface area contributed by atoms with Crippen LogP contribution in [0.3, 0.4) is 0 Å². The number of nitrogens with two attached hydrogens (primary N) is 1. The zero-order valence-corrected chi connectivity index (χ0v) is 4.81. The van der Waals surface area contributed by atoms with Crippen molar-refractivity contribution in [2.45, 2.75) is 25.2 Å². The summed E-state index contributed by atoms with van der Waals surface area (Å²) in [6, 6.07) is -1.26. The minimum absolute atomic E-state index is 1.10. The molecule has 0 radical (unpaired) electrons. The summed E-state index contributed by atoms with van der Waals surface area (Å²) in [4.78, 5) is 0. The van der Waals surface area contributed by atoms with Gasteiger partial charge in [0.1, 0.15) is 0 Å². The molecule has 0 saturated carbocycles. The zero-order valence-electron chi connectivity index (χ0n) is 4.81. The number of hydrogen-bond donors (Lipinski definition) is 2. The van der Waals surface area contributed by atoms with Gasteiger partial charge in [-0.15, -0.1) is 0 Å². The van der Waals surface area contributed by atoms with Crippen molar-refractivity contribution in [3.63, 3.8) is 0 Å². The molecular weight excluding hydrogens is 135 g/mol. The second-order valence-corrected chi connectivity index (χ2v) is 1.85. The molecule has 0 aliphatic heterocycles. The number of rotatable bonds is 1. The van der Waals surface area contributed by atoms with Crippen LogP contribution in [0.2, 0.25) is 0 Å². The molecular formula is C4H8F3NO. The van der Waals surface area contributed by atoms with Crippen LogP contribution in [0.1, 0.15) is 6.92 Å². The zero-order chi connectivity index (χ0) is 7.65. The third-order valence-electron chi connectivity index (χ3n) is 0.833. The summed E-state index contributed by atoms with van der Waals surface area (Å²) in [7, 11) is 0. The maximum absolute atomic E-state index is 11.4. The van der Waals surface area contributed by atoms with Gasteiger partial charge in [-0.3, -0.25) is 0 Å². The van der Waals surface area contributed by atoms with Crippen LogP contribution in [0.15, 0.2) is 0 Å². The highest BCUT2D eigenvalue weighted by Gasteiger charge is 2.40. The molecule has 0 spiro atoms. The quantitative estimate of drug-likeness (QED) is 0.553. The average molecular weight is 143 g/mol. The lowest BCUT2D eigenvalue weighted by molar-refractivity contribution is -0.208. The lowest BCUT2D eigenvalue weighted by Crippen LogP contribution is -2.42.